The van der Waals surface area contributed by atoms with Gasteiger partial charge in [-0.15, -0.1) is 0 Å². The number of carbonyl (C=O) groups excluding carboxylic acids is 1. The number of nitrogens with zero attached hydrogens (tertiary/aromatic N) is 1. The summed E-state index contributed by atoms with van der Waals surface area (Å²) >= 11 is 12.0. The van der Waals surface area contributed by atoms with Crippen LogP contribution in [0.25, 0.3) is 0 Å². The highest BCUT2D eigenvalue weighted by Gasteiger charge is 2.07. The van der Waals surface area contributed by atoms with Crippen molar-refractivity contribution in [3.63, 3.8) is 0 Å². The fraction of sp³-hybridized carbons (Fsp3) is 0.294. The molecular formula is C17H19Cl2N3O2. The first-order chi connectivity index (χ1) is 11.6. The fourth-order valence-corrected chi connectivity index (χ4v) is 2.55. The minimum atomic E-state index is -0.170. The van der Waals surface area contributed by atoms with Gasteiger partial charge in [0.1, 0.15) is 5.82 Å². The van der Waals surface area contributed by atoms with Crippen LogP contribution >= 0.6 is 23.2 Å². The molecule has 0 aliphatic heterocycles. The van der Waals surface area contributed by atoms with Gasteiger partial charge in [-0.1, -0.05) is 29.3 Å². The number of halogens is 2. The Balaban J connectivity index is 1.81. The molecule has 2 N–H and O–H groups in total. The lowest BCUT2D eigenvalue weighted by atomic mass is 10.1. The van der Waals surface area contributed by atoms with Crippen molar-refractivity contribution in [1.82, 2.24) is 10.3 Å². The summed E-state index contributed by atoms with van der Waals surface area (Å²) in [6.07, 6.45) is 2.17. The lowest BCUT2D eigenvalue weighted by Gasteiger charge is -2.08. The van der Waals surface area contributed by atoms with Crippen LogP contribution in [0.4, 0.5) is 5.82 Å². The van der Waals surface area contributed by atoms with Gasteiger partial charge in [0.05, 0.1) is 12.2 Å². The first kappa shape index (κ1) is 18.5. The minimum Gasteiger partial charge on any atom is -0.383 e. The molecule has 24 heavy (non-hydrogen) atoms. The van der Waals surface area contributed by atoms with E-state index in [1.54, 1.807) is 37.6 Å². The Kier molecular flexibility index (Phi) is 7.31. The first-order valence-electron chi connectivity index (χ1n) is 7.51. The van der Waals surface area contributed by atoms with E-state index in [-0.39, 0.29) is 5.91 Å². The van der Waals surface area contributed by atoms with Gasteiger partial charge in [-0.25, -0.2) is 4.98 Å². The van der Waals surface area contributed by atoms with Crippen LogP contribution in [0, 0.1) is 0 Å². The maximum Gasteiger partial charge on any atom is 0.252 e. The number of amides is 1. The second-order valence-electron chi connectivity index (χ2n) is 5.09. The van der Waals surface area contributed by atoms with Gasteiger partial charge in [0.25, 0.3) is 5.91 Å². The second kappa shape index (κ2) is 9.47. The summed E-state index contributed by atoms with van der Waals surface area (Å²) in [5.74, 6) is 0.535. The summed E-state index contributed by atoms with van der Waals surface area (Å²) in [7, 11) is 1.64. The van der Waals surface area contributed by atoms with Crippen LogP contribution in [-0.2, 0) is 11.2 Å². The molecule has 2 aromatic rings. The molecule has 0 radical (unpaired) electrons. The van der Waals surface area contributed by atoms with E-state index in [9.17, 15) is 4.79 Å². The van der Waals surface area contributed by atoms with E-state index in [2.05, 4.69) is 15.6 Å². The third-order valence-corrected chi connectivity index (χ3v) is 3.92. The highest BCUT2D eigenvalue weighted by Crippen LogP contribution is 2.21. The summed E-state index contributed by atoms with van der Waals surface area (Å²) in [4.78, 5) is 16.3. The molecule has 5 nitrogen and oxygen atoms in total. The average Bonchev–Trinajstić information content (AvgIpc) is 2.57. The Hall–Kier alpha value is -1.82. The molecule has 0 saturated heterocycles. The average molecular weight is 368 g/mol. The molecule has 0 aliphatic rings. The number of rotatable bonds is 8. The lowest BCUT2D eigenvalue weighted by molar-refractivity contribution is 0.0954. The van der Waals surface area contributed by atoms with E-state index in [1.807, 2.05) is 6.07 Å². The topological polar surface area (TPSA) is 63.2 Å². The molecule has 0 saturated carbocycles. The van der Waals surface area contributed by atoms with Gasteiger partial charge < -0.3 is 15.4 Å². The summed E-state index contributed by atoms with van der Waals surface area (Å²) in [6.45, 7) is 1.74. The zero-order chi connectivity index (χ0) is 17.4. The van der Waals surface area contributed by atoms with Crippen molar-refractivity contribution in [2.75, 3.05) is 32.1 Å². The summed E-state index contributed by atoms with van der Waals surface area (Å²) in [6, 6.07) is 8.83. The molecule has 0 bridgehead atoms. The largest absolute Gasteiger partial charge is 0.383 e. The number of carbonyl (C=O) groups is 1. The monoisotopic (exact) mass is 367 g/mol. The molecule has 1 amide bonds. The quantitative estimate of drug-likeness (QED) is 0.701. The van der Waals surface area contributed by atoms with Gasteiger partial charge in [-0.3, -0.25) is 4.79 Å². The minimum absolute atomic E-state index is 0.170. The van der Waals surface area contributed by atoms with E-state index < -0.39 is 0 Å². The van der Waals surface area contributed by atoms with Crippen molar-refractivity contribution in [1.29, 1.82) is 0 Å². The Bertz CT molecular complexity index is 678. The Morgan fingerprint density at radius 1 is 1.21 bits per heavy atom. The Morgan fingerprint density at radius 3 is 2.71 bits per heavy atom. The molecule has 2 rings (SSSR count). The van der Waals surface area contributed by atoms with Crippen LogP contribution in [0.3, 0.4) is 0 Å². The number of methoxy groups -OCH3 is 1. The number of ether oxygens (including phenoxy) is 1. The maximum atomic E-state index is 12.1. The van der Waals surface area contributed by atoms with Crippen molar-refractivity contribution in [2.45, 2.75) is 6.42 Å². The molecule has 0 fully saturated rings. The molecule has 1 aromatic heterocycles. The van der Waals surface area contributed by atoms with Crippen molar-refractivity contribution >= 4 is 34.9 Å². The number of benzene rings is 1. The molecular weight excluding hydrogens is 349 g/mol. The van der Waals surface area contributed by atoms with E-state index in [0.29, 0.717) is 47.5 Å². The van der Waals surface area contributed by atoms with E-state index in [1.165, 1.54) is 0 Å². The number of hydrogen-bond donors (Lipinski definition) is 2. The molecule has 1 aromatic carbocycles. The predicted molar refractivity (Wildman–Crippen MR) is 97.1 cm³/mol. The molecule has 7 heteroatoms. The molecule has 0 aliphatic carbocycles. The smallest absolute Gasteiger partial charge is 0.252 e. The van der Waals surface area contributed by atoms with Gasteiger partial charge in [0.2, 0.25) is 0 Å². The summed E-state index contributed by atoms with van der Waals surface area (Å²) in [5.41, 5.74) is 1.45. The highest BCUT2D eigenvalue weighted by atomic mass is 35.5. The predicted octanol–water partition coefficient (Wildman–Crippen LogP) is 3.42. The second-order valence-corrected chi connectivity index (χ2v) is 5.94. The standard InChI is InChI=1S/C17H19Cl2N3O2/c1-24-9-8-20-16-5-3-13(11-22-16)17(23)21-7-6-12-2-4-14(18)10-15(12)19/h2-5,10-11H,6-9H2,1H3,(H,20,22)(H,21,23). The van der Waals surface area contributed by atoms with E-state index in [4.69, 9.17) is 27.9 Å². The molecule has 128 valence electrons. The summed E-state index contributed by atoms with van der Waals surface area (Å²) in [5, 5.41) is 7.14. The summed E-state index contributed by atoms with van der Waals surface area (Å²) < 4.78 is 4.95. The number of aromatic nitrogens is 1. The number of nitrogens with one attached hydrogen (secondary N) is 2. The van der Waals surface area contributed by atoms with Gasteiger partial charge in [-0.2, -0.15) is 0 Å². The zero-order valence-electron chi connectivity index (χ0n) is 13.3. The normalized spacial score (nSPS) is 10.5. The van der Waals surface area contributed by atoms with Gasteiger partial charge in [0.15, 0.2) is 0 Å². The number of pyridine rings is 1. The first-order valence-corrected chi connectivity index (χ1v) is 8.26. The molecule has 1 heterocycles. The van der Waals surface area contributed by atoms with Gasteiger partial charge >= 0.3 is 0 Å². The van der Waals surface area contributed by atoms with E-state index in [0.717, 1.165) is 5.56 Å². The van der Waals surface area contributed by atoms with Crippen LogP contribution in [0.2, 0.25) is 10.0 Å². The maximum absolute atomic E-state index is 12.1. The third kappa shape index (κ3) is 5.67. The molecule has 0 atom stereocenters. The third-order valence-electron chi connectivity index (χ3n) is 3.33. The SMILES string of the molecule is COCCNc1ccc(C(=O)NCCc2ccc(Cl)cc2Cl)cn1. The van der Waals surface area contributed by atoms with E-state index >= 15 is 0 Å². The van der Waals surface area contributed by atoms with Crippen LogP contribution in [-0.4, -0.2) is 37.7 Å². The van der Waals surface area contributed by atoms with Crippen molar-refractivity contribution in [3.05, 3.63) is 57.7 Å². The molecule has 0 spiro atoms. The Labute approximate surface area is 151 Å². The van der Waals surface area contributed by atoms with Crippen LogP contribution < -0.4 is 10.6 Å². The van der Waals surface area contributed by atoms with Crippen LogP contribution in [0.5, 0.6) is 0 Å². The van der Waals surface area contributed by atoms with Gasteiger partial charge in [-0.05, 0) is 36.2 Å². The number of hydrogen-bond acceptors (Lipinski definition) is 4. The zero-order valence-corrected chi connectivity index (χ0v) is 14.8. The van der Waals surface area contributed by atoms with Crippen molar-refractivity contribution < 1.29 is 9.53 Å². The fourth-order valence-electron chi connectivity index (χ4n) is 2.05. The lowest BCUT2D eigenvalue weighted by Crippen LogP contribution is -2.25. The Morgan fingerprint density at radius 2 is 2.04 bits per heavy atom. The highest BCUT2D eigenvalue weighted by molar-refractivity contribution is 6.35. The van der Waals surface area contributed by atoms with Crippen LogP contribution in [0.15, 0.2) is 36.5 Å². The van der Waals surface area contributed by atoms with Crippen molar-refractivity contribution in [2.24, 2.45) is 0 Å². The molecule has 0 unspecified atom stereocenters. The van der Waals surface area contributed by atoms with Crippen LogP contribution in [0.1, 0.15) is 15.9 Å². The van der Waals surface area contributed by atoms with Gasteiger partial charge in [0, 0.05) is 36.4 Å². The number of anilines is 1. The van der Waals surface area contributed by atoms with Crippen molar-refractivity contribution in [3.8, 4) is 0 Å².